The van der Waals surface area contributed by atoms with Crippen LogP contribution in [-0.4, -0.2) is 39.2 Å². The van der Waals surface area contributed by atoms with Crippen LogP contribution in [0.3, 0.4) is 0 Å². The minimum atomic E-state index is 0.359. The van der Waals surface area contributed by atoms with Gasteiger partial charge in [0.1, 0.15) is 5.52 Å². The van der Waals surface area contributed by atoms with Crippen LogP contribution in [0.25, 0.3) is 22.1 Å². The lowest BCUT2D eigenvalue weighted by atomic mass is 10.2. The van der Waals surface area contributed by atoms with Gasteiger partial charge in [-0.2, -0.15) is 10.1 Å². The molecule has 8 nitrogen and oxygen atoms in total. The predicted octanol–water partition coefficient (Wildman–Crippen LogP) is 5.80. The molecule has 4 aromatic rings. The molecule has 0 atom stereocenters. The molecule has 2 aromatic carbocycles. The van der Waals surface area contributed by atoms with Crippen molar-refractivity contribution in [3.05, 3.63) is 48.0 Å². The van der Waals surface area contributed by atoms with Crippen LogP contribution in [0.1, 0.15) is 52.0 Å². The molecule has 8 heteroatoms. The van der Waals surface area contributed by atoms with Gasteiger partial charge in [-0.15, -0.1) is 10.2 Å². The lowest BCUT2D eigenvalue weighted by Crippen LogP contribution is -2.03. The minimum Gasteiger partial charge on any atom is -0.490 e. The normalized spacial score (nSPS) is 11.5. The van der Waals surface area contributed by atoms with Gasteiger partial charge < -0.3 is 14.0 Å². The summed E-state index contributed by atoms with van der Waals surface area (Å²) in [6, 6.07) is 14.0. The summed E-state index contributed by atoms with van der Waals surface area (Å²) in [5.74, 6) is 1.77. The topological polar surface area (TPSA) is 86.5 Å². The lowest BCUT2D eigenvalue weighted by molar-refractivity contribution is 0.288. The van der Waals surface area contributed by atoms with Crippen LogP contribution < -0.4 is 14.9 Å². The molecule has 1 N–H and O–H groups in total. The maximum atomic E-state index is 5.69. The highest BCUT2D eigenvalue weighted by molar-refractivity contribution is 6.04. The molecular formula is C26H32N6O2. The summed E-state index contributed by atoms with van der Waals surface area (Å²) in [4.78, 5) is 4.75. The molecule has 0 aliphatic rings. The van der Waals surface area contributed by atoms with E-state index in [4.69, 9.17) is 14.5 Å². The number of aryl methyl sites for hydroxylation is 1. The van der Waals surface area contributed by atoms with E-state index in [0.717, 1.165) is 46.3 Å². The van der Waals surface area contributed by atoms with Crippen molar-refractivity contribution in [3.63, 3.8) is 0 Å². The first-order chi connectivity index (χ1) is 16.7. The van der Waals surface area contributed by atoms with Crippen molar-refractivity contribution in [1.29, 1.82) is 0 Å². The maximum absolute atomic E-state index is 5.69. The lowest BCUT2D eigenvalue weighted by Gasteiger charge is -2.11. The third-order valence-corrected chi connectivity index (χ3v) is 5.55. The molecule has 0 aliphatic carbocycles. The number of nitrogens with one attached hydrogen (secondary N) is 1. The number of hydrogen-bond donors (Lipinski definition) is 1. The van der Waals surface area contributed by atoms with Crippen LogP contribution in [0.4, 0.5) is 5.95 Å². The Labute approximate surface area is 200 Å². The Morgan fingerprint density at radius 2 is 1.76 bits per heavy atom. The van der Waals surface area contributed by atoms with E-state index in [9.17, 15) is 0 Å². The monoisotopic (exact) mass is 460 g/mol. The zero-order valence-electron chi connectivity index (χ0n) is 20.1. The first-order valence-corrected chi connectivity index (χ1v) is 12.1. The molecule has 0 radical (unpaired) electrons. The highest BCUT2D eigenvalue weighted by Gasteiger charge is 2.14. The summed E-state index contributed by atoms with van der Waals surface area (Å²) in [5, 5.41) is 14.1. The van der Waals surface area contributed by atoms with Crippen molar-refractivity contribution >= 4 is 34.2 Å². The molecule has 0 amide bonds. The van der Waals surface area contributed by atoms with Crippen LogP contribution in [0, 0.1) is 0 Å². The number of para-hydroxylation sites is 1. The van der Waals surface area contributed by atoms with E-state index < -0.39 is 0 Å². The number of anilines is 1. The molecule has 0 bridgehead atoms. The predicted molar refractivity (Wildman–Crippen MR) is 137 cm³/mol. The SMILES string of the molecule is CCCCCCn1c2ccccc2c2nnc(N/N=C/c3ccc(OCC)c(OCC)c3)nc21. The molecule has 0 saturated carbocycles. The van der Waals surface area contributed by atoms with E-state index in [1.165, 1.54) is 19.3 Å². The third-order valence-electron chi connectivity index (χ3n) is 5.55. The summed E-state index contributed by atoms with van der Waals surface area (Å²) in [5.41, 5.74) is 6.57. The van der Waals surface area contributed by atoms with Crippen LogP contribution in [0.5, 0.6) is 11.5 Å². The fraction of sp³-hybridized carbons (Fsp3) is 0.385. The van der Waals surface area contributed by atoms with E-state index in [2.05, 4.69) is 44.3 Å². The molecular weight excluding hydrogens is 428 g/mol. The van der Waals surface area contributed by atoms with E-state index in [1.54, 1.807) is 6.21 Å². The average molecular weight is 461 g/mol. The minimum absolute atomic E-state index is 0.359. The van der Waals surface area contributed by atoms with Crippen molar-refractivity contribution in [2.75, 3.05) is 18.6 Å². The Kier molecular flexibility index (Phi) is 7.91. The molecule has 2 aromatic heterocycles. The number of nitrogens with zero attached hydrogens (tertiary/aromatic N) is 5. The molecule has 4 rings (SSSR count). The Bertz CT molecular complexity index is 1270. The van der Waals surface area contributed by atoms with Gasteiger partial charge in [-0.1, -0.05) is 44.4 Å². The average Bonchev–Trinajstić information content (AvgIpc) is 3.17. The summed E-state index contributed by atoms with van der Waals surface area (Å²) in [6.07, 6.45) is 6.45. The Hall–Kier alpha value is -3.68. The fourth-order valence-electron chi connectivity index (χ4n) is 3.99. The van der Waals surface area contributed by atoms with Crippen molar-refractivity contribution in [2.24, 2.45) is 5.10 Å². The quantitative estimate of drug-likeness (QED) is 0.163. The van der Waals surface area contributed by atoms with Crippen molar-refractivity contribution in [2.45, 2.75) is 53.0 Å². The van der Waals surface area contributed by atoms with Crippen LogP contribution in [0.2, 0.25) is 0 Å². The molecule has 0 aliphatic heterocycles. The summed E-state index contributed by atoms with van der Waals surface area (Å²) < 4.78 is 13.5. The highest BCUT2D eigenvalue weighted by Crippen LogP contribution is 2.28. The van der Waals surface area contributed by atoms with E-state index in [1.807, 2.05) is 44.2 Å². The number of fused-ring (bicyclic) bond motifs is 3. The molecule has 0 fully saturated rings. The van der Waals surface area contributed by atoms with Crippen molar-refractivity contribution in [3.8, 4) is 11.5 Å². The number of benzene rings is 2. The van der Waals surface area contributed by atoms with E-state index in [0.29, 0.717) is 24.9 Å². The molecule has 34 heavy (non-hydrogen) atoms. The van der Waals surface area contributed by atoms with Gasteiger partial charge in [-0.25, -0.2) is 5.43 Å². The number of unbranched alkanes of at least 4 members (excludes halogenated alkanes) is 3. The largest absolute Gasteiger partial charge is 0.490 e. The number of aromatic nitrogens is 4. The van der Waals surface area contributed by atoms with Gasteiger partial charge >= 0.3 is 0 Å². The Morgan fingerprint density at radius 3 is 2.59 bits per heavy atom. The van der Waals surface area contributed by atoms with Gasteiger partial charge in [0.25, 0.3) is 5.95 Å². The number of hydrogen-bond acceptors (Lipinski definition) is 7. The van der Waals surface area contributed by atoms with Gasteiger partial charge in [-0.3, -0.25) is 0 Å². The van der Waals surface area contributed by atoms with Gasteiger partial charge in [0.2, 0.25) is 0 Å². The summed E-state index contributed by atoms with van der Waals surface area (Å²) in [7, 11) is 0. The first kappa shape index (κ1) is 23.5. The summed E-state index contributed by atoms with van der Waals surface area (Å²) >= 11 is 0. The zero-order chi connectivity index (χ0) is 23.8. The highest BCUT2D eigenvalue weighted by atomic mass is 16.5. The fourth-order valence-corrected chi connectivity index (χ4v) is 3.99. The smallest absolute Gasteiger partial charge is 0.265 e. The second kappa shape index (κ2) is 11.4. The molecule has 178 valence electrons. The summed E-state index contributed by atoms with van der Waals surface area (Å²) in [6.45, 7) is 8.16. The van der Waals surface area contributed by atoms with Crippen LogP contribution in [-0.2, 0) is 6.54 Å². The standard InChI is InChI=1S/C26H32N6O2/c1-4-7-8-11-16-32-21-13-10-9-12-20(21)24-25(32)28-26(31-29-24)30-27-18-19-14-15-22(33-5-2)23(17-19)34-6-3/h9-10,12-15,17-18H,4-8,11,16H2,1-3H3,(H,28,30,31)/b27-18+. The second-order valence-corrected chi connectivity index (χ2v) is 7.98. The van der Waals surface area contributed by atoms with Gasteiger partial charge in [-0.05, 0) is 50.1 Å². The third kappa shape index (κ3) is 5.27. The first-order valence-electron chi connectivity index (χ1n) is 12.1. The van der Waals surface area contributed by atoms with Gasteiger partial charge in [0, 0.05) is 11.9 Å². The Balaban J connectivity index is 1.56. The molecule has 0 saturated heterocycles. The van der Waals surface area contributed by atoms with Gasteiger partial charge in [0.15, 0.2) is 17.1 Å². The van der Waals surface area contributed by atoms with Gasteiger partial charge in [0.05, 0.1) is 24.9 Å². The number of rotatable bonds is 12. The van der Waals surface area contributed by atoms with Crippen molar-refractivity contribution in [1.82, 2.24) is 19.7 Å². The van der Waals surface area contributed by atoms with Crippen LogP contribution >= 0.6 is 0 Å². The number of ether oxygens (including phenoxy) is 2. The van der Waals surface area contributed by atoms with Crippen molar-refractivity contribution < 1.29 is 9.47 Å². The van der Waals surface area contributed by atoms with E-state index >= 15 is 0 Å². The van der Waals surface area contributed by atoms with E-state index in [-0.39, 0.29) is 0 Å². The second-order valence-electron chi connectivity index (χ2n) is 7.98. The maximum Gasteiger partial charge on any atom is 0.265 e. The zero-order valence-corrected chi connectivity index (χ0v) is 20.1. The number of hydrazone groups is 1. The Morgan fingerprint density at radius 1 is 0.941 bits per heavy atom. The molecule has 2 heterocycles. The molecule has 0 unspecified atom stereocenters. The van der Waals surface area contributed by atoms with Crippen LogP contribution in [0.15, 0.2) is 47.6 Å². The molecule has 0 spiro atoms.